The summed E-state index contributed by atoms with van der Waals surface area (Å²) < 4.78 is 7.23. The average molecular weight is 203 g/mol. The van der Waals surface area contributed by atoms with E-state index in [4.69, 9.17) is 4.74 Å². The van der Waals surface area contributed by atoms with Crippen LogP contribution in [0.3, 0.4) is 0 Å². The van der Waals surface area contributed by atoms with Gasteiger partial charge in [0.1, 0.15) is 5.75 Å². The molecular formula is C12H13NO2. The largest absolute Gasteiger partial charge is 0.495 e. The first kappa shape index (κ1) is 9.77. The van der Waals surface area contributed by atoms with Crippen molar-refractivity contribution in [2.45, 2.75) is 6.92 Å². The molecule has 0 saturated heterocycles. The number of ether oxygens (including phenoxy) is 1. The number of nitrogens with zero attached hydrogens (tertiary/aromatic N) is 1. The molecule has 0 N–H and O–H groups in total. The molecule has 0 saturated carbocycles. The third kappa shape index (κ3) is 1.40. The van der Waals surface area contributed by atoms with Gasteiger partial charge in [-0.1, -0.05) is 6.07 Å². The Kier molecular flexibility index (Phi) is 2.23. The van der Waals surface area contributed by atoms with Gasteiger partial charge in [-0.2, -0.15) is 0 Å². The monoisotopic (exact) mass is 203 g/mol. The summed E-state index contributed by atoms with van der Waals surface area (Å²) in [5.41, 5.74) is 1.82. The molecule has 0 fully saturated rings. The molecule has 0 radical (unpaired) electrons. The molecule has 78 valence electrons. The Morgan fingerprint density at radius 1 is 1.33 bits per heavy atom. The van der Waals surface area contributed by atoms with Crippen molar-refractivity contribution in [3.05, 3.63) is 40.2 Å². The average Bonchev–Trinajstić information content (AvgIpc) is 2.25. The van der Waals surface area contributed by atoms with Gasteiger partial charge in [0.15, 0.2) is 5.43 Å². The summed E-state index contributed by atoms with van der Waals surface area (Å²) in [5, 5.41) is 0.697. The highest BCUT2D eigenvalue weighted by Gasteiger charge is 2.07. The van der Waals surface area contributed by atoms with Crippen molar-refractivity contribution < 1.29 is 4.74 Å². The van der Waals surface area contributed by atoms with E-state index in [0.29, 0.717) is 5.39 Å². The Labute approximate surface area is 87.9 Å². The van der Waals surface area contributed by atoms with Crippen LogP contribution in [0.4, 0.5) is 0 Å². The van der Waals surface area contributed by atoms with Crippen LogP contribution in [-0.2, 0) is 7.05 Å². The van der Waals surface area contributed by atoms with Crippen molar-refractivity contribution >= 4 is 10.9 Å². The first-order chi connectivity index (χ1) is 7.15. The number of aryl methyl sites for hydroxylation is 2. The van der Waals surface area contributed by atoms with Crippen LogP contribution in [0.2, 0.25) is 0 Å². The fraction of sp³-hybridized carbons (Fsp3) is 0.250. The Morgan fingerprint density at radius 3 is 2.73 bits per heavy atom. The third-order valence-electron chi connectivity index (χ3n) is 2.69. The van der Waals surface area contributed by atoms with Crippen molar-refractivity contribution in [2.75, 3.05) is 7.11 Å². The number of para-hydroxylation sites is 1. The second-order valence-corrected chi connectivity index (χ2v) is 3.57. The highest BCUT2D eigenvalue weighted by Crippen LogP contribution is 2.23. The predicted molar refractivity (Wildman–Crippen MR) is 60.5 cm³/mol. The molecule has 0 spiro atoms. The Morgan fingerprint density at radius 2 is 2.07 bits per heavy atom. The summed E-state index contributed by atoms with van der Waals surface area (Å²) in [7, 11) is 3.54. The molecule has 3 heteroatoms. The normalized spacial score (nSPS) is 10.6. The highest BCUT2D eigenvalue weighted by atomic mass is 16.5. The van der Waals surface area contributed by atoms with Crippen LogP contribution in [-0.4, -0.2) is 11.7 Å². The van der Waals surface area contributed by atoms with Gasteiger partial charge in [-0.3, -0.25) is 4.79 Å². The minimum absolute atomic E-state index is 0.0412. The Bertz CT molecular complexity index is 570. The van der Waals surface area contributed by atoms with E-state index < -0.39 is 0 Å². The second kappa shape index (κ2) is 3.42. The van der Waals surface area contributed by atoms with E-state index in [1.54, 1.807) is 13.2 Å². The molecule has 1 aromatic heterocycles. The first-order valence-corrected chi connectivity index (χ1v) is 4.78. The molecule has 0 aliphatic rings. The van der Waals surface area contributed by atoms with Gasteiger partial charge in [-0.15, -0.1) is 0 Å². The molecule has 0 unspecified atom stereocenters. The number of methoxy groups -OCH3 is 1. The molecule has 3 nitrogen and oxygen atoms in total. The molecule has 2 aromatic rings. The first-order valence-electron chi connectivity index (χ1n) is 4.78. The zero-order valence-electron chi connectivity index (χ0n) is 9.07. The molecular weight excluding hydrogens is 190 g/mol. The van der Waals surface area contributed by atoms with E-state index in [1.165, 1.54) is 0 Å². The number of hydrogen-bond acceptors (Lipinski definition) is 2. The van der Waals surface area contributed by atoms with E-state index in [-0.39, 0.29) is 5.43 Å². The van der Waals surface area contributed by atoms with Crippen molar-refractivity contribution in [3.63, 3.8) is 0 Å². The Balaban J connectivity index is 3.03. The summed E-state index contributed by atoms with van der Waals surface area (Å²) >= 11 is 0. The van der Waals surface area contributed by atoms with Crippen molar-refractivity contribution in [1.29, 1.82) is 0 Å². The quantitative estimate of drug-likeness (QED) is 0.708. The second-order valence-electron chi connectivity index (χ2n) is 3.57. The van der Waals surface area contributed by atoms with E-state index >= 15 is 0 Å². The van der Waals surface area contributed by atoms with Gasteiger partial charge in [0.2, 0.25) is 0 Å². The molecule has 0 amide bonds. The van der Waals surface area contributed by atoms with Gasteiger partial charge < -0.3 is 9.30 Å². The van der Waals surface area contributed by atoms with Gasteiger partial charge >= 0.3 is 0 Å². The van der Waals surface area contributed by atoms with Crippen LogP contribution in [0.25, 0.3) is 10.9 Å². The van der Waals surface area contributed by atoms with Crippen LogP contribution in [0.1, 0.15) is 5.69 Å². The highest BCUT2D eigenvalue weighted by molar-refractivity contribution is 5.85. The summed E-state index contributed by atoms with van der Waals surface area (Å²) in [6, 6.07) is 7.15. The zero-order valence-corrected chi connectivity index (χ0v) is 9.07. The van der Waals surface area contributed by atoms with Crippen LogP contribution < -0.4 is 10.2 Å². The maximum Gasteiger partial charge on any atom is 0.189 e. The van der Waals surface area contributed by atoms with Gasteiger partial charge in [-0.25, -0.2) is 0 Å². The molecule has 1 aromatic carbocycles. The fourth-order valence-corrected chi connectivity index (χ4v) is 1.77. The van der Waals surface area contributed by atoms with E-state index in [0.717, 1.165) is 17.0 Å². The maximum atomic E-state index is 11.8. The van der Waals surface area contributed by atoms with Gasteiger partial charge in [0.05, 0.1) is 12.6 Å². The lowest BCUT2D eigenvalue weighted by Crippen LogP contribution is -2.09. The van der Waals surface area contributed by atoms with Crippen LogP contribution in [0, 0.1) is 6.92 Å². The molecule has 0 aliphatic carbocycles. The number of benzene rings is 1. The maximum absolute atomic E-state index is 11.8. The van der Waals surface area contributed by atoms with Gasteiger partial charge in [0.25, 0.3) is 0 Å². The molecule has 2 rings (SSSR count). The van der Waals surface area contributed by atoms with Gasteiger partial charge in [-0.05, 0) is 19.1 Å². The summed E-state index contributed by atoms with van der Waals surface area (Å²) in [4.78, 5) is 11.8. The van der Waals surface area contributed by atoms with Crippen LogP contribution in [0.5, 0.6) is 5.75 Å². The van der Waals surface area contributed by atoms with Gasteiger partial charge in [0, 0.05) is 24.2 Å². The smallest absolute Gasteiger partial charge is 0.189 e. The van der Waals surface area contributed by atoms with E-state index in [2.05, 4.69) is 0 Å². The van der Waals surface area contributed by atoms with E-state index in [9.17, 15) is 4.79 Å². The molecule has 15 heavy (non-hydrogen) atoms. The minimum Gasteiger partial charge on any atom is -0.495 e. The van der Waals surface area contributed by atoms with Crippen molar-refractivity contribution in [2.24, 2.45) is 7.05 Å². The standard InChI is InChI=1S/C12H13NO2/c1-8-7-10(14)9-5-4-6-11(15-3)12(9)13(8)2/h4-7H,1-3H3. The number of fused-ring (bicyclic) bond motifs is 1. The lowest BCUT2D eigenvalue weighted by atomic mass is 10.1. The summed E-state index contributed by atoms with van der Waals surface area (Å²) in [6.07, 6.45) is 0. The van der Waals surface area contributed by atoms with Crippen molar-refractivity contribution in [3.8, 4) is 5.75 Å². The fourth-order valence-electron chi connectivity index (χ4n) is 1.77. The van der Waals surface area contributed by atoms with Crippen LogP contribution in [0.15, 0.2) is 29.1 Å². The number of hydrogen-bond donors (Lipinski definition) is 0. The predicted octanol–water partition coefficient (Wildman–Crippen LogP) is 1.86. The SMILES string of the molecule is COc1cccc2c(=O)cc(C)n(C)c12. The lowest BCUT2D eigenvalue weighted by Gasteiger charge is -2.12. The van der Waals surface area contributed by atoms with E-state index in [1.807, 2.05) is 36.7 Å². The van der Waals surface area contributed by atoms with Crippen LogP contribution >= 0.6 is 0 Å². The molecule has 0 atom stereocenters. The zero-order chi connectivity index (χ0) is 11.0. The minimum atomic E-state index is 0.0412. The number of pyridine rings is 1. The van der Waals surface area contributed by atoms with Crippen molar-refractivity contribution in [1.82, 2.24) is 4.57 Å². The summed E-state index contributed by atoms with van der Waals surface area (Å²) in [5.74, 6) is 0.732. The third-order valence-corrected chi connectivity index (χ3v) is 2.69. The summed E-state index contributed by atoms with van der Waals surface area (Å²) in [6.45, 7) is 1.91. The molecule has 1 heterocycles. The topological polar surface area (TPSA) is 31.2 Å². The molecule has 0 bridgehead atoms. The molecule has 0 aliphatic heterocycles. The lowest BCUT2D eigenvalue weighted by molar-refractivity contribution is 0.417. The Hall–Kier alpha value is -1.77. The number of rotatable bonds is 1. The number of aromatic nitrogens is 1.